The second kappa shape index (κ2) is 4.90. The van der Waals surface area contributed by atoms with Gasteiger partial charge in [0.05, 0.1) is 0 Å². The Bertz CT molecular complexity index is 103. The first-order chi connectivity index (χ1) is 4.26. The normalized spacial score (nSPS) is 14.2. The summed E-state index contributed by atoms with van der Waals surface area (Å²) in [5, 5.41) is 0. The number of hydrogen-bond acceptors (Lipinski definition) is 2. The summed E-state index contributed by atoms with van der Waals surface area (Å²) in [4.78, 5) is 3.92. The van der Waals surface area contributed by atoms with Gasteiger partial charge < -0.3 is 0 Å². The molecule has 0 spiro atoms. The molecular weight excluding hydrogens is 227 g/mol. The van der Waals surface area contributed by atoms with Crippen LogP contribution in [0.2, 0.25) is 0 Å². The van der Waals surface area contributed by atoms with Crippen LogP contribution < -0.4 is 0 Å². The molecule has 0 amide bonds. The van der Waals surface area contributed by atoms with Gasteiger partial charge in [-0.2, -0.15) is 0 Å². The van der Waals surface area contributed by atoms with E-state index in [-0.39, 0.29) is 0 Å². The monoisotopic (exact) mass is 240 g/mol. The second-order valence-corrected chi connectivity index (χ2v) is 7.65. The van der Waals surface area contributed by atoms with Gasteiger partial charge in [0, 0.05) is 0 Å². The predicted molar refractivity (Wildman–Crippen MR) is 53.1 cm³/mol. The summed E-state index contributed by atoms with van der Waals surface area (Å²) in [5.41, 5.74) is 0. The topological polar surface area (TPSA) is 24.7 Å². The number of nitrogens with zero attached hydrogens (tertiary/aromatic N) is 2. The standard InChI is InChI=1S/C6H13IN2/c1-5-7(9-4)6(2)8-3/h6H,3-5H2,1-2H3. The fraction of sp³-hybridized carbons (Fsp3) is 0.667. The maximum atomic E-state index is 4.05. The molecule has 0 N–H and O–H groups in total. The molecule has 0 saturated heterocycles. The van der Waals surface area contributed by atoms with E-state index in [1.165, 1.54) is 0 Å². The van der Waals surface area contributed by atoms with Gasteiger partial charge in [0.1, 0.15) is 0 Å². The average Bonchev–Trinajstić information content (AvgIpc) is 1.90. The van der Waals surface area contributed by atoms with Crippen molar-refractivity contribution < 1.29 is 0 Å². The van der Waals surface area contributed by atoms with Gasteiger partial charge in [0.2, 0.25) is 0 Å². The third kappa shape index (κ3) is 2.93. The SMILES string of the molecule is C=NC(C)I(CC)N=C. The summed E-state index contributed by atoms with van der Waals surface area (Å²) in [6, 6.07) is 0. The zero-order valence-electron chi connectivity index (χ0n) is 5.97. The summed E-state index contributed by atoms with van der Waals surface area (Å²) in [5.74, 6) is 0. The van der Waals surface area contributed by atoms with Crippen LogP contribution >= 0.6 is 20.1 Å². The summed E-state index contributed by atoms with van der Waals surface area (Å²) in [6.45, 7) is 11.2. The molecule has 0 aliphatic carbocycles. The van der Waals surface area contributed by atoms with Crippen LogP contribution in [0.15, 0.2) is 8.20 Å². The molecule has 0 bridgehead atoms. The summed E-state index contributed by atoms with van der Waals surface area (Å²) < 4.78 is 5.57. The van der Waals surface area contributed by atoms with Crippen molar-refractivity contribution in [3.05, 3.63) is 0 Å². The quantitative estimate of drug-likeness (QED) is 0.311. The Hall–Kier alpha value is 0.0700. The van der Waals surface area contributed by atoms with Crippen molar-refractivity contribution in [2.24, 2.45) is 8.20 Å². The van der Waals surface area contributed by atoms with Gasteiger partial charge in [-0.25, -0.2) is 0 Å². The van der Waals surface area contributed by atoms with E-state index in [2.05, 4.69) is 35.5 Å². The molecule has 0 aromatic carbocycles. The summed E-state index contributed by atoms with van der Waals surface area (Å²) in [7, 11) is 0. The second-order valence-electron chi connectivity index (χ2n) is 1.51. The van der Waals surface area contributed by atoms with E-state index < -0.39 is 20.1 Å². The summed E-state index contributed by atoms with van der Waals surface area (Å²) in [6.07, 6.45) is 0. The van der Waals surface area contributed by atoms with Crippen LogP contribution in [0.1, 0.15) is 13.8 Å². The zero-order chi connectivity index (χ0) is 7.28. The van der Waals surface area contributed by atoms with E-state index in [0.717, 1.165) is 4.43 Å². The van der Waals surface area contributed by atoms with Crippen LogP contribution in [0.4, 0.5) is 0 Å². The third-order valence-corrected chi connectivity index (χ3v) is 5.96. The van der Waals surface area contributed by atoms with Crippen LogP contribution in [0.25, 0.3) is 0 Å². The molecule has 0 aromatic heterocycles. The van der Waals surface area contributed by atoms with Gasteiger partial charge in [0.15, 0.2) is 0 Å². The van der Waals surface area contributed by atoms with Crippen LogP contribution in [-0.2, 0) is 0 Å². The number of rotatable bonds is 4. The molecular formula is C6H13IN2. The van der Waals surface area contributed by atoms with Gasteiger partial charge in [-0.3, -0.25) is 0 Å². The Balaban J connectivity index is 3.77. The average molecular weight is 240 g/mol. The zero-order valence-corrected chi connectivity index (χ0v) is 8.13. The van der Waals surface area contributed by atoms with Crippen LogP contribution in [0, 0.1) is 0 Å². The van der Waals surface area contributed by atoms with Gasteiger partial charge in [-0.05, 0) is 0 Å². The van der Waals surface area contributed by atoms with Crippen molar-refractivity contribution >= 4 is 33.5 Å². The molecule has 0 radical (unpaired) electrons. The molecule has 2 nitrogen and oxygen atoms in total. The molecule has 1 unspecified atom stereocenters. The molecule has 9 heavy (non-hydrogen) atoms. The molecule has 3 heteroatoms. The number of hydrogen-bond donors (Lipinski definition) is 0. The van der Waals surface area contributed by atoms with E-state index in [9.17, 15) is 0 Å². The molecule has 0 rings (SSSR count). The van der Waals surface area contributed by atoms with Crippen LogP contribution in [0.3, 0.4) is 0 Å². The Morgan fingerprint density at radius 2 is 2.11 bits per heavy atom. The molecule has 1 atom stereocenters. The van der Waals surface area contributed by atoms with Gasteiger partial charge >= 0.3 is 64.0 Å². The number of aliphatic imine (C=N–C) groups is 1. The fourth-order valence-electron chi connectivity index (χ4n) is 0.487. The molecule has 0 saturated carbocycles. The Labute approximate surface area is 64.2 Å². The van der Waals surface area contributed by atoms with Gasteiger partial charge in [-0.15, -0.1) is 0 Å². The maximum absolute atomic E-state index is 4.05. The van der Waals surface area contributed by atoms with Crippen molar-refractivity contribution in [2.45, 2.75) is 17.9 Å². The minimum absolute atomic E-state index is 0.372. The first kappa shape index (κ1) is 9.07. The van der Waals surface area contributed by atoms with E-state index >= 15 is 0 Å². The number of halogens is 1. The van der Waals surface area contributed by atoms with Crippen LogP contribution in [0.5, 0.6) is 0 Å². The van der Waals surface area contributed by atoms with E-state index in [0.29, 0.717) is 4.05 Å². The van der Waals surface area contributed by atoms with Gasteiger partial charge in [0.25, 0.3) is 0 Å². The van der Waals surface area contributed by atoms with E-state index in [1.54, 1.807) is 0 Å². The Morgan fingerprint density at radius 1 is 1.56 bits per heavy atom. The van der Waals surface area contributed by atoms with Crippen LogP contribution in [-0.4, -0.2) is 21.9 Å². The van der Waals surface area contributed by atoms with Crippen molar-refractivity contribution in [3.63, 3.8) is 0 Å². The van der Waals surface area contributed by atoms with Crippen molar-refractivity contribution in [2.75, 3.05) is 4.43 Å². The van der Waals surface area contributed by atoms with Gasteiger partial charge in [-0.1, -0.05) is 0 Å². The Morgan fingerprint density at radius 3 is 2.22 bits per heavy atom. The van der Waals surface area contributed by atoms with Crippen molar-refractivity contribution in [3.8, 4) is 0 Å². The van der Waals surface area contributed by atoms with Crippen molar-refractivity contribution in [1.29, 1.82) is 0 Å². The summed E-state index contributed by atoms with van der Waals surface area (Å²) >= 11 is -1.16. The molecule has 0 aliphatic heterocycles. The Kier molecular flexibility index (Phi) is 4.94. The minimum atomic E-state index is -1.16. The number of alkyl halides is 2. The third-order valence-electron chi connectivity index (χ3n) is 1.04. The molecule has 0 aromatic rings. The predicted octanol–water partition coefficient (Wildman–Crippen LogP) is 2.17. The van der Waals surface area contributed by atoms with E-state index in [4.69, 9.17) is 0 Å². The fourth-order valence-corrected chi connectivity index (χ4v) is 3.27. The molecule has 0 fully saturated rings. The first-order valence-electron chi connectivity index (χ1n) is 2.83. The van der Waals surface area contributed by atoms with E-state index in [1.807, 2.05) is 0 Å². The molecule has 54 valence electrons. The molecule has 0 aliphatic rings. The van der Waals surface area contributed by atoms with Crippen molar-refractivity contribution in [1.82, 2.24) is 0 Å². The first-order valence-corrected chi connectivity index (χ1v) is 6.57. The molecule has 0 heterocycles.